The third kappa shape index (κ3) is 2.66. The van der Waals surface area contributed by atoms with Gasteiger partial charge in [0.25, 0.3) is 0 Å². The quantitative estimate of drug-likeness (QED) is 0.867. The summed E-state index contributed by atoms with van der Waals surface area (Å²) in [6.07, 6.45) is 8.24. The number of halogens is 1. The van der Waals surface area contributed by atoms with Crippen molar-refractivity contribution in [3.8, 4) is 5.82 Å². The Morgan fingerprint density at radius 1 is 1.47 bits per heavy atom. The second kappa shape index (κ2) is 4.73. The van der Waals surface area contributed by atoms with Gasteiger partial charge in [0, 0.05) is 30.5 Å². The zero-order valence-corrected chi connectivity index (χ0v) is 11.5. The van der Waals surface area contributed by atoms with Crippen LogP contribution < -0.4 is 5.32 Å². The van der Waals surface area contributed by atoms with E-state index in [1.807, 2.05) is 29.3 Å². The zero-order chi connectivity index (χ0) is 11.7. The van der Waals surface area contributed by atoms with Crippen LogP contribution >= 0.6 is 22.6 Å². The van der Waals surface area contributed by atoms with Crippen LogP contribution in [0.2, 0.25) is 0 Å². The lowest BCUT2D eigenvalue weighted by atomic mass is 10.2. The van der Waals surface area contributed by atoms with Crippen LogP contribution in [0.1, 0.15) is 18.4 Å². The summed E-state index contributed by atoms with van der Waals surface area (Å²) in [4.78, 5) is 4.42. The van der Waals surface area contributed by atoms with Gasteiger partial charge in [0.1, 0.15) is 0 Å². The van der Waals surface area contributed by atoms with Crippen LogP contribution in [0.3, 0.4) is 0 Å². The average molecular weight is 340 g/mol. The van der Waals surface area contributed by atoms with E-state index in [9.17, 15) is 0 Å². The van der Waals surface area contributed by atoms with Gasteiger partial charge in [-0.1, -0.05) is 6.07 Å². The monoisotopic (exact) mass is 340 g/mol. The standard InChI is InChI=1S/C12H13IN4/c13-10-7-16-17(8-10)12-9(2-1-5-14-12)6-15-11-3-4-11/h1-2,5,7-8,11,15H,3-4,6H2. The molecule has 1 fully saturated rings. The molecule has 17 heavy (non-hydrogen) atoms. The van der Waals surface area contributed by atoms with Gasteiger partial charge in [0.05, 0.1) is 9.77 Å². The predicted octanol–water partition coefficient (Wildman–Crippen LogP) is 2.12. The molecule has 1 N–H and O–H groups in total. The summed E-state index contributed by atoms with van der Waals surface area (Å²) < 4.78 is 2.96. The maximum absolute atomic E-state index is 4.42. The van der Waals surface area contributed by atoms with Crippen molar-refractivity contribution in [2.45, 2.75) is 25.4 Å². The molecule has 0 unspecified atom stereocenters. The van der Waals surface area contributed by atoms with Gasteiger partial charge in [-0.3, -0.25) is 0 Å². The van der Waals surface area contributed by atoms with Crippen molar-refractivity contribution in [2.24, 2.45) is 0 Å². The van der Waals surface area contributed by atoms with E-state index in [0.29, 0.717) is 6.04 Å². The smallest absolute Gasteiger partial charge is 0.157 e. The first-order valence-electron chi connectivity index (χ1n) is 5.71. The van der Waals surface area contributed by atoms with Gasteiger partial charge in [-0.15, -0.1) is 0 Å². The van der Waals surface area contributed by atoms with Gasteiger partial charge in [-0.25, -0.2) is 9.67 Å². The summed E-state index contributed by atoms with van der Waals surface area (Å²) in [5, 5.41) is 7.82. The van der Waals surface area contributed by atoms with Gasteiger partial charge < -0.3 is 5.32 Å². The van der Waals surface area contributed by atoms with Crippen LogP contribution in [0.25, 0.3) is 5.82 Å². The summed E-state index contributed by atoms with van der Waals surface area (Å²) in [6.45, 7) is 0.865. The lowest BCUT2D eigenvalue weighted by Crippen LogP contribution is -2.17. The molecule has 4 nitrogen and oxygen atoms in total. The van der Waals surface area contributed by atoms with Crippen LogP contribution in [-0.4, -0.2) is 20.8 Å². The summed E-state index contributed by atoms with van der Waals surface area (Å²) in [7, 11) is 0. The Morgan fingerprint density at radius 3 is 3.06 bits per heavy atom. The molecule has 0 aromatic carbocycles. The van der Waals surface area contributed by atoms with Crippen LogP contribution in [0, 0.1) is 3.57 Å². The molecule has 2 aromatic rings. The Balaban J connectivity index is 1.86. The van der Waals surface area contributed by atoms with Gasteiger partial charge in [-0.2, -0.15) is 5.10 Å². The van der Waals surface area contributed by atoms with Crippen molar-refractivity contribution in [1.82, 2.24) is 20.1 Å². The highest BCUT2D eigenvalue weighted by atomic mass is 127. The molecule has 2 aromatic heterocycles. The normalized spacial score (nSPS) is 15.1. The molecule has 0 atom stereocenters. The second-order valence-electron chi connectivity index (χ2n) is 4.24. The minimum absolute atomic E-state index is 0.709. The van der Waals surface area contributed by atoms with E-state index in [0.717, 1.165) is 15.9 Å². The number of nitrogens with one attached hydrogen (secondary N) is 1. The summed E-state index contributed by atoms with van der Waals surface area (Å²) in [5.41, 5.74) is 1.19. The van der Waals surface area contributed by atoms with E-state index in [4.69, 9.17) is 0 Å². The Morgan fingerprint density at radius 2 is 2.35 bits per heavy atom. The Kier molecular flexibility index (Phi) is 3.11. The van der Waals surface area contributed by atoms with E-state index in [1.165, 1.54) is 18.4 Å². The molecule has 1 aliphatic rings. The molecule has 0 amide bonds. The molecule has 0 aliphatic heterocycles. The SMILES string of the molecule is Ic1cnn(-c2ncccc2CNC2CC2)c1. The Labute approximate surface area is 114 Å². The third-order valence-electron chi connectivity index (χ3n) is 2.79. The highest BCUT2D eigenvalue weighted by molar-refractivity contribution is 14.1. The average Bonchev–Trinajstić information content (AvgIpc) is 3.08. The molecular formula is C12H13IN4. The van der Waals surface area contributed by atoms with Crippen molar-refractivity contribution in [3.05, 3.63) is 39.9 Å². The van der Waals surface area contributed by atoms with Crippen molar-refractivity contribution in [3.63, 3.8) is 0 Å². The zero-order valence-electron chi connectivity index (χ0n) is 9.31. The van der Waals surface area contributed by atoms with Gasteiger partial charge in [0.2, 0.25) is 0 Å². The Bertz CT molecular complexity index is 519. The molecule has 2 heterocycles. The second-order valence-corrected chi connectivity index (χ2v) is 5.49. The van der Waals surface area contributed by atoms with Crippen molar-refractivity contribution in [1.29, 1.82) is 0 Å². The molecule has 0 saturated heterocycles. The number of hydrogen-bond donors (Lipinski definition) is 1. The van der Waals surface area contributed by atoms with Crippen LogP contribution in [0.5, 0.6) is 0 Å². The summed E-state index contributed by atoms with van der Waals surface area (Å²) in [5.74, 6) is 0.920. The fourth-order valence-electron chi connectivity index (χ4n) is 1.73. The lowest BCUT2D eigenvalue weighted by molar-refractivity contribution is 0.676. The van der Waals surface area contributed by atoms with Gasteiger partial charge in [0.15, 0.2) is 5.82 Å². The lowest BCUT2D eigenvalue weighted by Gasteiger charge is -2.08. The Hall–Kier alpha value is -0.950. The van der Waals surface area contributed by atoms with Gasteiger partial charge in [-0.05, 0) is 41.5 Å². The first-order chi connectivity index (χ1) is 8.33. The molecule has 88 valence electrons. The number of hydrogen-bond acceptors (Lipinski definition) is 3. The number of pyridine rings is 1. The number of aromatic nitrogens is 3. The molecule has 1 aliphatic carbocycles. The van der Waals surface area contributed by atoms with Gasteiger partial charge >= 0.3 is 0 Å². The fraction of sp³-hybridized carbons (Fsp3) is 0.333. The minimum Gasteiger partial charge on any atom is -0.310 e. The third-order valence-corrected chi connectivity index (χ3v) is 3.35. The van der Waals surface area contributed by atoms with Crippen molar-refractivity contribution < 1.29 is 0 Å². The topological polar surface area (TPSA) is 42.7 Å². The molecule has 3 rings (SSSR count). The van der Waals surface area contributed by atoms with E-state index in [1.54, 1.807) is 0 Å². The molecular weight excluding hydrogens is 327 g/mol. The van der Waals surface area contributed by atoms with E-state index < -0.39 is 0 Å². The fourth-order valence-corrected chi connectivity index (χ4v) is 2.12. The van der Waals surface area contributed by atoms with Crippen molar-refractivity contribution >= 4 is 22.6 Å². The van der Waals surface area contributed by atoms with Crippen molar-refractivity contribution in [2.75, 3.05) is 0 Å². The highest BCUT2D eigenvalue weighted by Crippen LogP contribution is 2.20. The number of nitrogens with zero attached hydrogens (tertiary/aromatic N) is 3. The molecule has 5 heteroatoms. The van der Waals surface area contributed by atoms with Crippen LogP contribution in [0.4, 0.5) is 0 Å². The summed E-state index contributed by atoms with van der Waals surface area (Å²) >= 11 is 2.25. The summed E-state index contributed by atoms with van der Waals surface area (Å²) in [6, 6.07) is 4.79. The largest absolute Gasteiger partial charge is 0.310 e. The first-order valence-corrected chi connectivity index (χ1v) is 6.78. The maximum atomic E-state index is 4.42. The van der Waals surface area contributed by atoms with E-state index in [-0.39, 0.29) is 0 Å². The molecule has 0 radical (unpaired) electrons. The number of rotatable bonds is 4. The van der Waals surface area contributed by atoms with Crippen LogP contribution in [0.15, 0.2) is 30.7 Å². The first kappa shape index (κ1) is 11.2. The van der Waals surface area contributed by atoms with Crippen LogP contribution in [-0.2, 0) is 6.54 Å². The minimum atomic E-state index is 0.709. The predicted molar refractivity (Wildman–Crippen MR) is 73.9 cm³/mol. The highest BCUT2D eigenvalue weighted by Gasteiger charge is 2.20. The van der Waals surface area contributed by atoms with E-state index >= 15 is 0 Å². The molecule has 0 spiro atoms. The molecule has 0 bridgehead atoms. The molecule has 1 saturated carbocycles. The van der Waals surface area contributed by atoms with E-state index in [2.05, 4.69) is 44.1 Å². The maximum Gasteiger partial charge on any atom is 0.157 e.